The van der Waals surface area contributed by atoms with Crippen LogP contribution < -0.4 is 5.32 Å². The molecule has 0 spiro atoms. The molecule has 0 aromatic carbocycles. The third-order valence-corrected chi connectivity index (χ3v) is 3.13. The minimum Gasteiger partial charge on any atom is -0.388 e. The van der Waals surface area contributed by atoms with Crippen LogP contribution in [-0.4, -0.2) is 23.2 Å². The molecule has 2 N–H and O–H groups in total. The fourth-order valence-corrected chi connectivity index (χ4v) is 2.14. The molecular formula is C12H23NO2. The van der Waals surface area contributed by atoms with Gasteiger partial charge in [0.15, 0.2) is 0 Å². The normalized spacial score (nSPS) is 20.7. The lowest BCUT2D eigenvalue weighted by Crippen LogP contribution is -2.42. The molecule has 0 saturated heterocycles. The van der Waals surface area contributed by atoms with Gasteiger partial charge in [0.1, 0.15) is 0 Å². The van der Waals surface area contributed by atoms with Gasteiger partial charge in [-0.1, -0.05) is 32.6 Å². The molecule has 0 aromatic heterocycles. The number of nitrogens with one attached hydrogen (secondary N) is 1. The van der Waals surface area contributed by atoms with Crippen molar-refractivity contribution in [3.05, 3.63) is 0 Å². The van der Waals surface area contributed by atoms with Crippen molar-refractivity contribution >= 4 is 5.91 Å². The van der Waals surface area contributed by atoms with Crippen molar-refractivity contribution in [2.24, 2.45) is 0 Å². The molecule has 3 heteroatoms. The van der Waals surface area contributed by atoms with E-state index in [9.17, 15) is 9.90 Å². The van der Waals surface area contributed by atoms with E-state index in [1.165, 1.54) is 12.8 Å². The van der Waals surface area contributed by atoms with Gasteiger partial charge in [-0.15, -0.1) is 0 Å². The summed E-state index contributed by atoms with van der Waals surface area (Å²) in [4.78, 5) is 11.3. The summed E-state index contributed by atoms with van der Waals surface area (Å²) in [5.74, 6) is 0.0650. The molecule has 1 rings (SSSR count). The molecule has 0 radical (unpaired) electrons. The largest absolute Gasteiger partial charge is 0.388 e. The monoisotopic (exact) mass is 213 g/mol. The van der Waals surface area contributed by atoms with Crippen molar-refractivity contribution in [1.29, 1.82) is 0 Å². The van der Waals surface area contributed by atoms with Crippen LogP contribution in [0.4, 0.5) is 0 Å². The minimum atomic E-state index is -0.639. The van der Waals surface area contributed by atoms with Gasteiger partial charge in [-0.05, 0) is 19.3 Å². The van der Waals surface area contributed by atoms with E-state index in [1.54, 1.807) is 0 Å². The van der Waals surface area contributed by atoms with Crippen molar-refractivity contribution in [3.63, 3.8) is 0 Å². The predicted molar refractivity (Wildman–Crippen MR) is 60.6 cm³/mol. The molecule has 1 saturated carbocycles. The van der Waals surface area contributed by atoms with Crippen LogP contribution in [0.25, 0.3) is 0 Å². The fraction of sp³-hybridized carbons (Fsp3) is 0.917. The van der Waals surface area contributed by atoms with Crippen LogP contribution in [0, 0.1) is 0 Å². The van der Waals surface area contributed by atoms with E-state index in [4.69, 9.17) is 0 Å². The minimum absolute atomic E-state index is 0.0650. The van der Waals surface area contributed by atoms with E-state index >= 15 is 0 Å². The van der Waals surface area contributed by atoms with Crippen molar-refractivity contribution in [3.8, 4) is 0 Å². The number of rotatable bonds is 4. The first-order chi connectivity index (χ1) is 7.16. The standard InChI is InChI=1S/C12H23NO2/c1-2-7-11(14)13-10-12(15)8-5-3-4-6-9-12/h15H,2-10H2,1H3,(H,13,14). The molecule has 15 heavy (non-hydrogen) atoms. The maximum atomic E-state index is 11.3. The SMILES string of the molecule is CCCC(=O)NCC1(O)CCCCCC1. The molecule has 1 aliphatic rings. The lowest BCUT2D eigenvalue weighted by atomic mass is 9.94. The topological polar surface area (TPSA) is 49.3 Å². The first-order valence-corrected chi connectivity index (χ1v) is 6.15. The highest BCUT2D eigenvalue weighted by Crippen LogP contribution is 2.26. The molecule has 0 aromatic rings. The lowest BCUT2D eigenvalue weighted by molar-refractivity contribution is -0.122. The van der Waals surface area contributed by atoms with Crippen LogP contribution in [0.15, 0.2) is 0 Å². The van der Waals surface area contributed by atoms with Gasteiger partial charge in [0.2, 0.25) is 5.91 Å². The molecule has 3 nitrogen and oxygen atoms in total. The highest BCUT2D eigenvalue weighted by molar-refractivity contribution is 5.75. The van der Waals surface area contributed by atoms with Gasteiger partial charge in [-0.25, -0.2) is 0 Å². The van der Waals surface area contributed by atoms with Gasteiger partial charge in [-0.3, -0.25) is 4.79 Å². The quantitative estimate of drug-likeness (QED) is 0.702. The van der Waals surface area contributed by atoms with Crippen LogP contribution in [0.3, 0.4) is 0 Å². The van der Waals surface area contributed by atoms with Crippen LogP contribution in [-0.2, 0) is 4.79 Å². The smallest absolute Gasteiger partial charge is 0.220 e. The summed E-state index contributed by atoms with van der Waals surface area (Å²) in [6, 6.07) is 0. The second kappa shape index (κ2) is 6.11. The van der Waals surface area contributed by atoms with Crippen LogP contribution in [0.2, 0.25) is 0 Å². The summed E-state index contributed by atoms with van der Waals surface area (Å²) in [7, 11) is 0. The summed E-state index contributed by atoms with van der Waals surface area (Å²) < 4.78 is 0. The Bertz CT molecular complexity index is 196. The zero-order chi connectivity index (χ0) is 11.1. The predicted octanol–water partition coefficient (Wildman–Crippen LogP) is 1.99. The van der Waals surface area contributed by atoms with Gasteiger partial charge in [0.25, 0.3) is 0 Å². The summed E-state index contributed by atoms with van der Waals surface area (Å²) in [6.07, 6.45) is 7.69. The van der Waals surface area contributed by atoms with E-state index < -0.39 is 5.60 Å². The zero-order valence-corrected chi connectivity index (χ0v) is 9.72. The molecule has 88 valence electrons. The number of hydrogen-bond acceptors (Lipinski definition) is 2. The van der Waals surface area contributed by atoms with Crippen molar-refractivity contribution in [1.82, 2.24) is 5.32 Å². The molecule has 0 aliphatic heterocycles. The van der Waals surface area contributed by atoms with Crippen molar-refractivity contribution in [2.75, 3.05) is 6.54 Å². The average molecular weight is 213 g/mol. The Morgan fingerprint density at radius 2 is 1.87 bits per heavy atom. The maximum Gasteiger partial charge on any atom is 0.220 e. The fourth-order valence-electron chi connectivity index (χ4n) is 2.14. The lowest BCUT2D eigenvalue weighted by Gasteiger charge is -2.26. The van der Waals surface area contributed by atoms with Gasteiger partial charge in [0.05, 0.1) is 5.60 Å². The van der Waals surface area contributed by atoms with Gasteiger partial charge < -0.3 is 10.4 Å². The molecule has 1 amide bonds. The Morgan fingerprint density at radius 3 is 2.40 bits per heavy atom. The second-order valence-corrected chi connectivity index (χ2v) is 4.67. The molecular weight excluding hydrogens is 190 g/mol. The number of hydrogen-bond donors (Lipinski definition) is 2. The zero-order valence-electron chi connectivity index (χ0n) is 9.72. The van der Waals surface area contributed by atoms with E-state index in [0.29, 0.717) is 13.0 Å². The van der Waals surface area contributed by atoms with E-state index in [1.807, 2.05) is 6.92 Å². The highest BCUT2D eigenvalue weighted by Gasteiger charge is 2.27. The first-order valence-electron chi connectivity index (χ1n) is 6.15. The summed E-state index contributed by atoms with van der Waals surface area (Å²) in [5, 5.41) is 13.1. The van der Waals surface area contributed by atoms with Crippen LogP contribution in [0.5, 0.6) is 0 Å². The Hall–Kier alpha value is -0.570. The van der Waals surface area contributed by atoms with Crippen LogP contribution in [0.1, 0.15) is 58.3 Å². The van der Waals surface area contributed by atoms with Crippen molar-refractivity contribution in [2.45, 2.75) is 63.9 Å². The Labute approximate surface area is 92.3 Å². The Balaban J connectivity index is 2.30. The van der Waals surface area contributed by atoms with E-state index in [-0.39, 0.29) is 5.91 Å². The third-order valence-electron chi connectivity index (χ3n) is 3.13. The second-order valence-electron chi connectivity index (χ2n) is 4.67. The van der Waals surface area contributed by atoms with Gasteiger partial charge >= 0.3 is 0 Å². The van der Waals surface area contributed by atoms with Gasteiger partial charge in [0, 0.05) is 13.0 Å². The summed E-state index contributed by atoms with van der Waals surface area (Å²) in [5.41, 5.74) is -0.639. The third kappa shape index (κ3) is 4.65. The summed E-state index contributed by atoms with van der Waals surface area (Å²) in [6.45, 7) is 2.42. The maximum absolute atomic E-state index is 11.3. The molecule has 0 unspecified atom stereocenters. The molecule has 1 aliphatic carbocycles. The average Bonchev–Trinajstić information content (AvgIpc) is 2.42. The molecule has 0 atom stereocenters. The van der Waals surface area contributed by atoms with Crippen molar-refractivity contribution < 1.29 is 9.90 Å². The van der Waals surface area contributed by atoms with E-state index in [2.05, 4.69) is 5.32 Å². The molecule has 0 bridgehead atoms. The first kappa shape index (κ1) is 12.5. The highest BCUT2D eigenvalue weighted by atomic mass is 16.3. The number of aliphatic hydroxyl groups is 1. The molecule has 0 heterocycles. The Kier molecular flexibility index (Phi) is 5.09. The van der Waals surface area contributed by atoms with E-state index in [0.717, 1.165) is 32.1 Å². The Morgan fingerprint density at radius 1 is 1.27 bits per heavy atom. The number of amides is 1. The van der Waals surface area contributed by atoms with Gasteiger partial charge in [-0.2, -0.15) is 0 Å². The molecule has 1 fully saturated rings. The number of carbonyl (C=O) groups excluding carboxylic acids is 1. The number of carbonyl (C=O) groups is 1. The summed E-state index contributed by atoms with van der Waals surface area (Å²) >= 11 is 0. The van der Waals surface area contributed by atoms with Crippen LogP contribution >= 0.6 is 0 Å².